The summed E-state index contributed by atoms with van der Waals surface area (Å²) in [4.78, 5) is 0. The number of nitrogens with zero attached hydrogens (tertiary/aromatic N) is 2. The number of halogens is 1. The molecule has 1 heterocycles. The minimum absolute atomic E-state index is 0.639. The molecular formula is C16H14BrN3O. The lowest BCUT2D eigenvalue weighted by molar-refractivity contribution is 0.415. The zero-order valence-corrected chi connectivity index (χ0v) is 13.0. The third-order valence-corrected chi connectivity index (χ3v) is 3.67. The van der Waals surface area contributed by atoms with E-state index < -0.39 is 0 Å². The Morgan fingerprint density at radius 3 is 2.57 bits per heavy atom. The summed E-state index contributed by atoms with van der Waals surface area (Å²) in [7, 11) is 1.64. The van der Waals surface area contributed by atoms with Crippen LogP contribution in [0, 0.1) is 0 Å². The van der Waals surface area contributed by atoms with Gasteiger partial charge in [0.1, 0.15) is 11.4 Å². The molecule has 0 saturated carbocycles. The van der Waals surface area contributed by atoms with Gasteiger partial charge in [-0.1, -0.05) is 22.0 Å². The Bertz CT molecular complexity index is 765. The molecule has 0 bridgehead atoms. The van der Waals surface area contributed by atoms with Crippen LogP contribution in [0.2, 0.25) is 0 Å². The number of nitrogen functional groups attached to an aromatic ring is 1. The summed E-state index contributed by atoms with van der Waals surface area (Å²) >= 11 is 3.46. The zero-order chi connectivity index (χ0) is 14.8. The van der Waals surface area contributed by atoms with Gasteiger partial charge in [0.2, 0.25) is 0 Å². The van der Waals surface area contributed by atoms with Crippen molar-refractivity contribution >= 4 is 21.6 Å². The fraction of sp³-hybridized carbons (Fsp3) is 0.0625. The van der Waals surface area contributed by atoms with Crippen molar-refractivity contribution in [2.24, 2.45) is 0 Å². The monoisotopic (exact) mass is 343 g/mol. The second kappa shape index (κ2) is 5.61. The summed E-state index contributed by atoms with van der Waals surface area (Å²) in [5.74, 6) is 0.809. The summed E-state index contributed by atoms with van der Waals surface area (Å²) in [5.41, 5.74) is 9.41. The maximum absolute atomic E-state index is 6.09. The van der Waals surface area contributed by atoms with Crippen LogP contribution in [0.15, 0.2) is 59.2 Å². The summed E-state index contributed by atoms with van der Waals surface area (Å²) in [6.07, 6.45) is 1.82. The Morgan fingerprint density at radius 1 is 1.14 bits per heavy atom. The van der Waals surface area contributed by atoms with Crippen LogP contribution in [0.3, 0.4) is 0 Å². The number of benzene rings is 2. The van der Waals surface area contributed by atoms with Gasteiger partial charge in [-0.05, 0) is 42.5 Å². The smallest absolute Gasteiger partial charge is 0.118 e. The van der Waals surface area contributed by atoms with E-state index in [2.05, 4.69) is 21.0 Å². The molecular weight excluding hydrogens is 330 g/mol. The van der Waals surface area contributed by atoms with E-state index in [1.165, 1.54) is 0 Å². The summed E-state index contributed by atoms with van der Waals surface area (Å²) in [6.45, 7) is 0. The van der Waals surface area contributed by atoms with Gasteiger partial charge in [0.15, 0.2) is 0 Å². The number of nitrogens with two attached hydrogens (primary N) is 1. The molecule has 0 saturated heterocycles. The molecule has 5 heteroatoms. The van der Waals surface area contributed by atoms with E-state index in [0.717, 1.165) is 27.2 Å². The quantitative estimate of drug-likeness (QED) is 0.784. The van der Waals surface area contributed by atoms with Gasteiger partial charge in [-0.25, -0.2) is 4.68 Å². The lowest BCUT2D eigenvalue weighted by Crippen LogP contribution is -1.94. The number of hydrogen-bond acceptors (Lipinski definition) is 3. The highest BCUT2D eigenvalue weighted by Gasteiger charge is 2.10. The molecule has 2 aromatic carbocycles. The van der Waals surface area contributed by atoms with Crippen molar-refractivity contribution in [2.45, 2.75) is 0 Å². The molecule has 0 unspecified atom stereocenters. The molecule has 2 N–H and O–H groups in total. The molecule has 1 aromatic heterocycles. The Kier molecular flexibility index (Phi) is 3.66. The highest BCUT2D eigenvalue weighted by Crippen LogP contribution is 2.27. The first-order chi connectivity index (χ1) is 10.2. The normalized spacial score (nSPS) is 10.6. The molecule has 0 radical (unpaired) electrons. The molecule has 0 aliphatic rings. The predicted molar refractivity (Wildman–Crippen MR) is 87.7 cm³/mol. The van der Waals surface area contributed by atoms with Crippen LogP contribution in [0.4, 0.5) is 5.69 Å². The minimum Gasteiger partial charge on any atom is -0.497 e. The SMILES string of the molecule is COc1ccc(-c2nn(-c3cccc(Br)c3)cc2N)cc1. The molecule has 4 nitrogen and oxygen atoms in total. The second-order valence-electron chi connectivity index (χ2n) is 4.59. The van der Waals surface area contributed by atoms with Crippen LogP contribution < -0.4 is 10.5 Å². The number of hydrogen-bond donors (Lipinski definition) is 1. The van der Waals surface area contributed by atoms with Gasteiger partial charge < -0.3 is 10.5 Å². The first kappa shape index (κ1) is 13.7. The molecule has 0 spiro atoms. The van der Waals surface area contributed by atoms with Crippen LogP contribution in [0.1, 0.15) is 0 Å². The van der Waals surface area contributed by atoms with Crippen molar-refractivity contribution < 1.29 is 4.74 Å². The number of methoxy groups -OCH3 is 1. The van der Waals surface area contributed by atoms with Crippen molar-refractivity contribution in [3.05, 3.63) is 59.2 Å². The maximum atomic E-state index is 6.09. The molecule has 0 amide bonds. The molecule has 3 rings (SSSR count). The fourth-order valence-corrected chi connectivity index (χ4v) is 2.50. The number of rotatable bonds is 3. The average Bonchev–Trinajstić information content (AvgIpc) is 2.89. The summed E-state index contributed by atoms with van der Waals surface area (Å²) in [6, 6.07) is 15.6. The third-order valence-electron chi connectivity index (χ3n) is 3.18. The molecule has 21 heavy (non-hydrogen) atoms. The summed E-state index contributed by atoms with van der Waals surface area (Å²) in [5, 5.41) is 4.58. The lowest BCUT2D eigenvalue weighted by atomic mass is 10.1. The highest BCUT2D eigenvalue weighted by atomic mass is 79.9. The van der Waals surface area contributed by atoms with Gasteiger partial charge in [-0.3, -0.25) is 0 Å². The van der Waals surface area contributed by atoms with Crippen LogP contribution in [0.25, 0.3) is 16.9 Å². The number of aromatic nitrogens is 2. The second-order valence-corrected chi connectivity index (χ2v) is 5.50. The Balaban J connectivity index is 2.01. The van der Waals surface area contributed by atoms with Crippen LogP contribution in [0.5, 0.6) is 5.75 Å². The fourth-order valence-electron chi connectivity index (χ4n) is 2.11. The van der Waals surface area contributed by atoms with E-state index in [4.69, 9.17) is 10.5 Å². The molecule has 3 aromatic rings. The lowest BCUT2D eigenvalue weighted by Gasteiger charge is -2.02. The van der Waals surface area contributed by atoms with Gasteiger partial charge in [-0.2, -0.15) is 5.10 Å². The standard InChI is InChI=1S/C16H14BrN3O/c1-21-14-7-5-11(6-8-14)16-15(18)10-20(19-16)13-4-2-3-12(17)9-13/h2-10H,18H2,1H3. The highest BCUT2D eigenvalue weighted by molar-refractivity contribution is 9.10. The third kappa shape index (κ3) is 2.78. The molecule has 106 valence electrons. The topological polar surface area (TPSA) is 53.1 Å². The van der Waals surface area contributed by atoms with E-state index >= 15 is 0 Å². The average molecular weight is 344 g/mol. The summed E-state index contributed by atoms with van der Waals surface area (Å²) < 4.78 is 7.94. The molecule has 0 aliphatic heterocycles. The van der Waals surface area contributed by atoms with Crippen molar-refractivity contribution in [1.82, 2.24) is 9.78 Å². The molecule has 0 fully saturated rings. The zero-order valence-electron chi connectivity index (χ0n) is 11.5. The van der Waals surface area contributed by atoms with Gasteiger partial charge in [0.05, 0.1) is 24.7 Å². The van der Waals surface area contributed by atoms with Crippen LogP contribution in [-0.2, 0) is 0 Å². The van der Waals surface area contributed by atoms with Gasteiger partial charge in [0, 0.05) is 10.0 Å². The Morgan fingerprint density at radius 2 is 1.90 bits per heavy atom. The molecule has 0 aliphatic carbocycles. The number of ether oxygens (including phenoxy) is 1. The van der Waals surface area contributed by atoms with Crippen molar-refractivity contribution in [3.63, 3.8) is 0 Å². The largest absolute Gasteiger partial charge is 0.497 e. The van der Waals surface area contributed by atoms with Gasteiger partial charge >= 0.3 is 0 Å². The van der Waals surface area contributed by atoms with E-state index in [-0.39, 0.29) is 0 Å². The van der Waals surface area contributed by atoms with Gasteiger partial charge in [-0.15, -0.1) is 0 Å². The van der Waals surface area contributed by atoms with Crippen molar-refractivity contribution in [3.8, 4) is 22.7 Å². The van der Waals surface area contributed by atoms with E-state index in [0.29, 0.717) is 5.69 Å². The van der Waals surface area contributed by atoms with E-state index in [9.17, 15) is 0 Å². The van der Waals surface area contributed by atoms with Crippen molar-refractivity contribution in [2.75, 3.05) is 12.8 Å². The minimum atomic E-state index is 0.639. The maximum Gasteiger partial charge on any atom is 0.118 e. The van der Waals surface area contributed by atoms with Crippen molar-refractivity contribution in [1.29, 1.82) is 0 Å². The van der Waals surface area contributed by atoms with Crippen LogP contribution >= 0.6 is 15.9 Å². The van der Waals surface area contributed by atoms with Crippen LogP contribution in [-0.4, -0.2) is 16.9 Å². The molecule has 0 atom stereocenters. The Labute approximate surface area is 131 Å². The van der Waals surface area contributed by atoms with E-state index in [1.54, 1.807) is 11.8 Å². The first-order valence-corrected chi connectivity index (χ1v) is 7.22. The predicted octanol–water partition coefficient (Wildman–Crippen LogP) is 3.89. The first-order valence-electron chi connectivity index (χ1n) is 6.43. The number of anilines is 1. The van der Waals surface area contributed by atoms with Gasteiger partial charge in [0.25, 0.3) is 0 Å². The Hall–Kier alpha value is -2.27. The van der Waals surface area contributed by atoms with E-state index in [1.807, 2.05) is 54.7 Å².